The molecule has 0 amide bonds. The van der Waals surface area contributed by atoms with E-state index in [1.807, 2.05) is 4.90 Å². The van der Waals surface area contributed by atoms with Crippen molar-refractivity contribution >= 4 is 0 Å². The van der Waals surface area contributed by atoms with Crippen LogP contribution in [0.4, 0.5) is 17.6 Å². The average Bonchev–Trinajstić information content (AvgIpc) is 2.42. The summed E-state index contributed by atoms with van der Waals surface area (Å²) >= 11 is 0. The summed E-state index contributed by atoms with van der Waals surface area (Å²) in [4.78, 5) is 5.55. The lowest BCUT2D eigenvalue weighted by molar-refractivity contribution is -0.0627. The zero-order valence-electron chi connectivity index (χ0n) is 10.9. The maximum absolute atomic E-state index is 13.1. The minimum absolute atomic E-state index is 0.202. The number of halogens is 4. The Morgan fingerprint density at radius 2 is 1.90 bits per heavy atom. The molecule has 7 heteroatoms. The van der Waals surface area contributed by atoms with Gasteiger partial charge in [0.2, 0.25) is 0 Å². The molecule has 0 bridgehead atoms. The van der Waals surface area contributed by atoms with Gasteiger partial charge in [0, 0.05) is 44.7 Å². The third kappa shape index (κ3) is 3.46. The maximum Gasteiger partial charge on any atom is 0.280 e. The van der Waals surface area contributed by atoms with Crippen LogP contribution in [0.2, 0.25) is 0 Å². The lowest BCUT2D eigenvalue weighted by Gasteiger charge is -2.37. The number of pyridine rings is 1. The molecular formula is C13H17F4N3. The van der Waals surface area contributed by atoms with Crippen LogP contribution in [-0.2, 0) is 0 Å². The maximum atomic E-state index is 13.1. The third-order valence-corrected chi connectivity index (χ3v) is 3.61. The van der Waals surface area contributed by atoms with Gasteiger partial charge in [0.25, 0.3) is 12.3 Å². The molecular weight excluding hydrogens is 274 g/mol. The second kappa shape index (κ2) is 6.05. The molecule has 112 valence electrons. The molecule has 1 atom stereocenters. The Bertz CT molecular complexity index is 426. The van der Waals surface area contributed by atoms with Gasteiger partial charge in [-0.1, -0.05) is 6.07 Å². The topological polar surface area (TPSA) is 42.1 Å². The molecule has 1 aliphatic rings. The van der Waals surface area contributed by atoms with E-state index in [1.54, 1.807) is 6.07 Å². The second-order valence-corrected chi connectivity index (χ2v) is 4.96. The minimum atomic E-state index is -2.62. The van der Waals surface area contributed by atoms with Crippen molar-refractivity contribution in [2.75, 3.05) is 19.6 Å². The second-order valence-electron chi connectivity index (χ2n) is 4.96. The summed E-state index contributed by atoms with van der Waals surface area (Å²) in [6.45, 7) is 0.720. The number of likely N-dealkylation sites (tertiary alicyclic amines) is 1. The zero-order valence-corrected chi connectivity index (χ0v) is 10.9. The molecule has 2 N–H and O–H groups in total. The van der Waals surface area contributed by atoms with Gasteiger partial charge < -0.3 is 5.73 Å². The molecule has 1 unspecified atom stereocenters. The van der Waals surface area contributed by atoms with E-state index in [2.05, 4.69) is 4.98 Å². The van der Waals surface area contributed by atoms with Crippen LogP contribution in [0.15, 0.2) is 18.3 Å². The first kappa shape index (κ1) is 15.2. The monoisotopic (exact) mass is 291 g/mol. The van der Waals surface area contributed by atoms with E-state index in [4.69, 9.17) is 5.73 Å². The van der Waals surface area contributed by atoms with Crippen LogP contribution in [0.3, 0.4) is 0 Å². The van der Waals surface area contributed by atoms with E-state index < -0.39 is 12.3 Å². The molecule has 2 rings (SSSR count). The number of nitrogens with zero attached hydrogens (tertiary/aromatic N) is 2. The van der Waals surface area contributed by atoms with E-state index in [1.165, 1.54) is 12.3 Å². The molecule has 0 aromatic carbocycles. The molecule has 20 heavy (non-hydrogen) atoms. The predicted molar refractivity (Wildman–Crippen MR) is 66.7 cm³/mol. The van der Waals surface area contributed by atoms with Gasteiger partial charge in [-0.15, -0.1) is 0 Å². The van der Waals surface area contributed by atoms with E-state index in [0.29, 0.717) is 5.56 Å². The van der Waals surface area contributed by atoms with Gasteiger partial charge in [-0.05, 0) is 11.6 Å². The van der Waals surface area contributed by atoms with Crippen molar-refractivity contribution in [3.63, 3.8) is 0 Å². The van der Waals surface area contributed by atoms with E-state index in [0.717, 1.165) is 0 Å². The fourth-order valence-electron chi connectivity index (χ4n) is 2.40. The Morgan fingerprint density at radius 3 is 2.35 bits per heavy atom. The Kier molecular flexibility index (Phi) is 4.59. The molecule has 0 aliphatic carbocycles. The van der Waals surface area contributed by atoms with Crippen molar-refractivity contribution < 1.29 is 17.6 Å². The van der Waals surface area contributed by atoms with Crippen molar-refractivity contribution in [1.82, 2.24) is 9.88 Å². The number of nitrogens with two attached hydrogens (primary N) is 1. The van der Waals surface area contributed by atoms with Gasteiger partial charge in [-0.3, -0.25) is 9.88 Å². The van der Waals surface area contributed by atoms with Gasteiger partial charge >= 0.3 is 0 Å². The van der Waals surface area contributed by atoms with E-state index in [-0.39, 0.29) is 44.2 Å². The molecule has 0 radical (unpaired) electrons. The van der Waals surface area contributed by atoms with Crippen LogP contribution >= 0.6 is 0 Å². The highest BCUT2D eigenvalue weighted by molar-refractivity contribution is 5.19. The Balaban J connectivity index is 2.08. The van der Waals surface area contributed by atoms with E-state index >= 15 is 0 Å². The highest BCUT2D eigenvalue weighted by Gasteiger charge is 2.36. The Morgan fingerprint density at radius 1 is 1.25 bits per heavy atom. The number of rotatable bonds is 4. The summed E-state index contributed by atoms with van der Waals surface area (Å²) in [5, 5.41) is 0. The molecule has 1 aliphatic heterocycles. The quantitative estimate of drug-likeness (QED) is 0.867. The summed E-state index contributed by atoms with van der Waals surface area (Å²) in [7, 11) is 0. The number of hydrogen-bond acceptors (Lipinski definition) is 3. The normalized spacial score (nSPS) is 21.1. The summed E-state index contributed by atoms with van der Waals surface area (Å²) in [5.74, 6) is -2.62. The first-order valence-electron chi connectivity index (χ1n) is 6.49. The van der Waals surface area contributed by atoms with Crippen molar-refractivity contribution in [1.29, 1.82) is 0 Å². The SMILES string of the molecule is NCC(c1ccc(C(F)F)nc1)N1CCC(F)(F)CC1. The lowest BCUT2D eigenvalue weighted by Crippen LogP contribution is -2.43. The smallest absolute Gasteiger partial charge is 0.280 e. The van der Waals surface area contributed by atoms with Crippen LogP contribution in [0.5, 0.6) is 0 Å². The Labute approximate surface area is 114 Å². The zero-order chi connectivity index (χ0) is 14.8. The predicted octanol–water partition coefficient (Wildman–Crippen LogP) is 2.75. The van der Waals surface area contributed by atoms with Crippen LogP contribution in [-0.4, -0.2) is 35.4 Å². The highest BCUT2D eigenvalue weighted by Crippen LogP contribution is 2.32. The standard InChI is InChI=1S/C13H17F4N3/c14-12(15)10-2-1-9(8-19-10)11(7-18)20-5-3-13(16,17)4-6-20/h1-2,8,11-12H,3-7,18H2. The van der Waals surface area contributed by atoms with Gasteiger partial charge in [0.15, 0.2) is 0 Å². The van der Waals surface area contributed by atoms with Crippen LogP contribution in [0.25, 0.3) is 0 Å². The van der Waals surface area contributed by atoms with Crippen molar-refractivity contribution in [3.05, 3.63) is 29.6 Å². The molecule has 0 spiro atoms. The van der Waals surface area contributed by atoms with Gasteiger partial charge in [-0.25, -0.2) is 17.6 Å². The fraction of sp³-hybridized carbons (Fsp3) is 0.615. The Hall–Kier alpha value is -1.21. The van der Waals surface area contributed by atoms with E-state index in [9.17, 15) is 17.6 Å². The van der Waals surface area contributed by atoms with Crippen LogP contribution in [0, 0.1) is 0 Å². The molecule has 0 saturated carbocycles. The lowest BCUT2D eigenvalue weighted by atomic mass is 10.0. The molecule has 3 nitrogen and oxygen atoms in total. The highest BCUT2D eigenvalue weighted by atomic mass is 19.3. The van der Waals surface area contributed by atoms with Crippen molar-refractivity contribution in [2.24, 2.45) is 5.73 Å². The largest absolute Gasteiger partial charge is 0.329 e. The average molecular weight is 291 g/mol. The summed E-state index contributed by atoms with van der Waals surface area (Å²) in [5.41, 5.74) is 6.08. The number of hydrogen-bond donors (Lipinski definition) is 1. The summed E-state index contributed by atoms with van der Waals surface area (Å²) < 4.78 is 51.2. The van der Waals surface area contributed by atoms with Crippen LogP contribution < -0.4 is 5.73 Å². The first-order valence-corrected chi connectivity index (χ1v) is 6.49. The molecule has 1 saturated heterocycles. The number of aromatic nitrogens is 1. The van der Waals surface area contributed by atoms with Gasteiger partial charge in [-0.2, -0.15) is 0 Å². The summed E-state index contributed by atoms with van der Waals surface area (Å²) in [6.07, 6.45) is -1.67. The summed E-state index contributed by atoms with van der Waals surface area (Å²) in [6, 6.07) is 2.53. The molecule has 1 fully saturated rings. The van der Waals surface area contributed by atoms with Crippen LogP contribution in [0.1, 0.15) is 36.6 Å². The fourth-order valence-corrected chi connectivity index (χ4v) is 2.40. The number of piperidine rings is 1. The molecule has 1 aromatic rings. The third-order valence-electron chi connectivity index (χ3n) is 3.61. The van der Waals surface area contributed by atoms with Gasteiger partial charge in [0.05, 0.1) is 0 Å². The van der Waals surface area contributed by atoms with Crippen molar-refractivity contribution in [3.8, 4) is 0 Å². The number of alkyl halides is 4. The van der Waals surface area contributed by atoms with Gasteiger partial charge in [0.1, 0.15) is 5.69 Å². The molecule has 2 heterocycles. The molecule has 1 aromatic heterocycles. The minimum Gasteiger partial charge on any atom is -0.329 e. The van der Waals surface area contributed by atoms with Crippen molar-refractivity contribution in [2.45, 2.75) is 31.2 Å². The first-order chi connectivity index (χ1) is 9.43.